The summed E-state index contributed by atoms with van der Waals surface area (Å²) >= 11 is 12.1. The van der Waals surface area contributed by atoms with Crippen LogP contribution in [0.1, 0.15) is 10.4 Å². The number of carboxylic acids is 1. The second-order valence-corrected chi connectivity index (χ2v) is 6.97. The molecule has 0 aliphatic carbocycles. The first-order valence-electron chi connectivity index (χ1n) is 8.33. The number of morpholine rings is 1. The van der Waals surface area contributed by atoms with Gasteiger partial charge in [0.05, 0.1) is 46.2 Å². The third-order valence-corrected chi connectivity index (χ3v) is 4.91. The first-order chi connectivity index (χ1) is 13.0. The van der Waals surface area contributed by atoms with Crippen molar-refractivity contribution in [3.63, 3.8) is 0 Å². The number of nitrogens with zero attached hydrogens (tertiary/aromatic N) is 2. The van der Waals surface area contributed by atoms with E-state index < -0.39 is 5.97 Å². The number of ether oxygens (including phenoxy) is 1. The average Bonchev–Trinajstić information content (AvgIpc) is 3.05. The summed E-state index contributed by atoms with van der Waals surface area (Å²) in [5.41, 5.74) is 2.79. The fourth-order valence-corrected chi connectivity index (χ4v) is 3.52. The number of hydrogen-bond acceptors (Lipinski definition) is 5. The Morgan fingerprint density at radius 2 is 2.00 bits per heavy atom. The average molecular weight is 407 g/mol. The van der Waals surface area contributed by atoms with E-state index in [2.05, 4.69) is 15.3 Å². The van der Waals surface area contributed by atoms with E-state index in [0.717, 1.165) is 5.52 Å². The number of aromatic nitrogens is 2. The number of fused-ring (bicyclic) bond motifs is 1. The van der Waals surface area contributed by atoms with Gasteiger partial charge in [-0.3, -0.25) is 0 Å². The molecule has 0 saturated carbocycles. The van der Waals surface area contributed by atoms with E-state index in [-0.39, 0.29) is 5.56 Å². The Balaban J connectivity index is 1.72. The van der Waals surface area contributed by atoms with Crippen LogP contribution in [0.15, 0.2) is 30.3 Å². The quantitative estimate of drug-likeness (QED) is 0.602. The molecule has 0 spiro atoms. The van der Waals surface area contributed by atoms with Crippen LogP contribution < -0.4 is 10.2 Å². The summed E-state index contributed by atoms with van der Waals surface area (Å²) in [6.45, 7) is 2.43. The summed E-state index contributed by atoms with van der Waals surface area (Å²) in [5.74, 6) is -0.527. The molecule has 9 heteroatoms. The van der Waals surface area contributed by atoms with Gasteiger partial charge in [0.25, 0.3) is 0 Å². The molecule has 7 nitrogen and oxygen atoms in total. The molecular weight excluding hydrogens is 391 g/mol. The van der Waals surface area contributed by atoms with Crippen LogP contribution in [-0.4, -0.2) is 47.3 Å². The summed E-state index contributed by atoms with van der Waals surface area (Å²) in [6.07, 6.45) is 0. The Morgan fingerprint density at radius 1 is 1.22 bits per heavy atom. The van der Waals surface area contributed by atoms with Gasteiger partial charge in [0.1, 0.15) is 0 Å². The zero-order chi connectivity index (χ0) is 19.0. The van der Waals surface area contributed by atoms with Crippen molar-refractivity contribution in [2.75, 3.05) is 36.5 Å². The molecule has 140 valence electrons. The van der Waals surface area contributed by atoms with E-state index >= 15 is 0 Å². The Morgan fingerprint density at radius 3 is 2.70 bits per heavy atom. The first-order valence-corrected chi connectivity index (χ1v) is 9.08. The van der Waals surface area contributed by atoms with Crippen molar-refractivity contribution in [1.82, 2.24) is 9.97 Å². The van der Waals surface area contributed by atoms with E-state index in [4.69, 9.17) is 27.9 Å². The number of hydrogen-bond donors (Lipinski definition) is 3. The van der Waals surface area contributed by atoms with Gasteiger partial charge in [-0.25, -0.2) is 9.78 Å². The largest absolute Gasteiger partial charge is 0.478 e. The fraction of sp³-hybridized carbons (Fsp3) is 0.222. The number of aromatic amines is 1. The lowest BCUT2D eigenvalue weighted by Crippen LogP contribution is -2.37. The number of aromatic carboxylic acids is 1. The molecular formula is C18H16Cl2N4O3. The van der Waals surface area contributed by atoms with Crippen molar-refractivity contribution in [2.24, 2.45) is 0 Å². The van der Waals surface area contributed by atoms with E-state index in [0.29, 0.717) is 59.2 Å². The smallest absolute Gasteiger partial charge is 0.337 e. The summed E-state index contributed by atoms with van der Waals surface area (Å²) in [5, 5.41) is 13.7. The monoisotopic (exact) mass is 406 g/mol. The molecule has 0 bridgehead atoms. The topological polar surface area (TPSA) is 90.5 Å². The van der Waals surface area contributed by atoms with Crippen molar-refractivity contribution in [3.8, 4) is 0 Å². The van der Waals surface area contributed by atoms with Gasteiger partial charge in [-0.2, -0.15) is 0 Å². The number of imidazole rings is 1. The van der Waals surface area contributed by atoms with E-state index in [1.54, 1.807) is 24.3 Å². The standard InChI is InChI=1S/C18H16Cl2N4O3/c19-10-1-2-13(12(20)7-10)21-18-22-14-8-11(17(25)26)16(9-15(14)23-18)24-3-5-27-6-4-24/h1-2,7-9H,3-6H2,(H,25,26)(H2,21,22,23). The lowest BCUT2D eigenvalue weighted by molar-refractivity contribution is 0.0696. The van der Waals surface area contributed by atoms with Crippen LogP contribution in [0.2, 0.25) is 10.0 Å². The Labute approximate surface area is 164 Å². The van der Waals surface area contributed by atoms with Gasteiger partial charge >= 0.3 is 5.97 Å². The molecule has 1 saturated heterocycles. The molecule has 27 heavy (non-hydrogen) atoms. The summed E-state index contributed by atoms with van der Waals surface area (Å²) in [6, 6.07) is 8.49. The van der Waals surface area contributed by atoms with E-state index in [1.807, 2.05) is 11.0 Å². The molecule has 1 fully saturated rings. The maximum Gasteiger partial charge on any atom is 0.337 e. The minimum Gasteiger partial charge on any atom is -0.478 e. The minimum atomic E-state index is -0.989. The molecule has 0 atom stereocenters. The van der Waals surface area contributed by atoms with Gasteiger partial charge in [-0.05, 0) is 30.3 Å². The normalized spacial score (nSPS) is 14.5. The number of halogens is 2. The van der Waals surface area contributed by atoms with Crippen LogP contribution >= 0.6 is 23.2 Å². The third-order valence-electron chi connectivity index (χ3n) is 4.37. The second-order valence-electron chi connectivity index (χ2n) is 6.13. The van der Waals surface area contributed by atoms with Crippen LogP contribution in [0.25, 0.3) is 11.0 Å². The zero-order valence-electron chi connectivity index (χ0n) is 14.1. The van der Waals surface area contributed by atoms with Gasteiger partial charge in [0.15, 0.2) is 0 Å². The Kier molecular flexibility index (Phi) is 4.82. The molecule has 2 heterocycles. The van der Waals surface area contributed by atoms with Crippen LogP contribution in [0.4, 0.5) is 17.3 Å². The zero-order valence-corrected chi connectivity index (χ0v) is 15.6. The number of benzene rings is 2. The molecule has 3 aromatic rings. The van der Waals surface area contributed by atoms with Crippen molar-refractivity contribution in [1.29, 1.82) is 0 Å². The Bertz CT molecular complexity index is 1020. The summed E-state index contributed by atoms with van der Waals surface area (Å²) < 4.78 is 5.36. The van der Waals surface area contributed by atoms with Crippen LogP contribution in [0.5, 0.6) is 0 Å². The number of anilines is 3. The molecule has 4 rings (SSSR count). The molecule has 0 amide bonds. The number of carbonyl (C=O) groups is 1. The van der Waals surface area contributed by atoms with Gasteiger partial charge in [0, 0.05) is 18.1 Å². The molecule has 2 aromatic carbocycles. The maximum atomic E-state index is 11.7. The van der Waals surface area contributed by atoms with Crippen LogP contribution in [-0.2, 0) is 4.74 Å². The van der Waals surface area contributed by atoms with Gasteiger partial charge in [-0.1, -0.05) is 23.2 Å². The van der Waals surface area contributed by atoms with Gasteiger partial charge in [-0.15, -0.1) is 0 Å². The minimum absolute atomic E-state index is 0.215. The lowest BCUT2D eigenvalue weighted by Gasteiger charge is -2.29. The summed E-state index contributed by atoms with van der Waals surface area (Å²) in [4.78, 5) is 21.4. The van der Waals surface area contributed by atoms with E-state index in [9.17, 15) is 9.90 Å². The summed E-state index contributed by atoms with van der Waals surface area (Å²) in [7, 11) is 0. The van der Waals surface area contributed by atoms with Crippen molar-refractivity contribution in [3.05, 3.63) is 45.9 Å². The predicted octanol–water partition coefficient (Wildman–Crippen LogP) is 4.15. The predicted molar refractivity (Wildman–Crippen MR) is 106 cm³/mol. The molecule has 1 aliphatic heterocycles. The Hall–Kier alpha value is -2.48. The first kappa shape index (κ1) is 17.9. The van der Waals surface area contributed by atoms with Gasteiger partial charge in [0.2, 0.25) is 5.95 Å². The lowest BCUT2D eigenvalue weighted by atomic mass is 10.1. The van der Waals surface area contributed by atoms with Gasteiger partial charge < -0.3 is 25.0 Å². The highest BCUT2D eigenvalue weighted by atomic mass is 35.5. The molecule has 0 radical (unpaired) electrons. The second kappa shape index (κ2) is 7.26. The van der Waals surface area contributed by atoms with Crippen molar-refractivity contribution >= 4 is 57.5 Å². The number of H-pyrrole nitrogens is 1. The molecule has 1 aliphatic rings. The van der Waals surface area contributed by atoms with E-state index in [1.165, 1.54) is 0 Å². The van der Waals surface area contributed by atoms with Crippen LogP contribution in [0, 0.1) is 0 Å². The third kappa shape index (κ3) is 3.66. The van der Waals surface area contributed by atoms with Crippen molar-refractivity contribution in [2.45, 2.75) is 0 Å². The number of nitrogens with one attached hydrogen (secondary N) is 2. The molecule has 1 aromatic heterocycles. The molecule has 3 N–H and O–H groups in total. The highest BCUT2D eigenvalue weighted by Crippen LogP contribution is 2.31. The number of carboxylic acid groups (broad SMARTS) is 1. The fourth-order valence-electron chi connectivity index (χ4n) is 3.06. The number of rotatable bonds is 4. The van der Waals surface area contributed by atoms with Crippen LogP contribution in [0.3, 0.4) is 0 Å². The highest BCUT2D eigenvalue weighted by molar-refractivity contribution is 6.36. The maximum absolute atomic E-state index is 11.7. The van der Waals surface area contributed by atoms with Crippen molar-refractivity contribution < 1.29 is 14.6 Å². The highest BCUT2D eigenvalue weighted by Gasteiger charge is 2.20. The molecule has 0 unspecified atom stereocenters. The SMILES string of the molecule is O=C(O)c1cc2nc(Nc3ccc(Cl)cc3Cl)[nH]c2cc1N1CCOCC1.